The van der Waals surface area contributed by atoms with E-state index in [-0.39, 0.29) is 11.9 Å². The average molecular weight is 395 g/mol. The number of pyridine rings is 1. The lowest BCUT2D eigenvalue weighted by Gasteiger charge is -2.18. The van der Waals surface area contributed by atoms with Gasteiger partial charge < -0.3 is 14.4 Å². The van der Waals surface area contributed by atoms with Crippen molar-refractivity contribution in [3.8, 4) is 11.4 Å². The molecule has 0 bridgehead atoms. The molecule has 1 aliphatic carbocycles. The van der Waals surface area contributed by atoms with Crippen LogP contribution in [-0.2, 0) is 11.2 Å². The Balaban J connectivity index is 1.25. The number of amides is 1. The molecule has 4 rings (SSSR count). The summed E-state index contributed by atoms with van der Waals surface area (Å²) in [7, 11) is 0. The molecule has 1 saturated carbocycles. The fourth-order valence-corrected chi connectivity index (χ4v) is 3.77. The molecule has 0 aromatic carbocycles. The Morgan fingerprint density at radius 1 is 1.38 bits per heavy atom. The quantitative estimate of drug-likeness (QED) is 0.624. The molecule has 0 spiro atoms. The number of rotatable bonds is 8. The van der Waals surface area contributed by atoms with Crippen LogP contribution in [0.1, 0.15) is 69.2 Å². The molecule has 29 heavy (non-hydrogen) atoms. The van der Waals surface area contributed by atoms with Crippen molar-refractivity contribution in [2.24, 2.45) is 0 Å². The first-order valence-corrected chi connectivity index (χ1v) is 10.1. The van der Waals surface area contributed by atoms with Crippen LogP contribution < -0.4 is 5.32 Å². The van der Waals surface area contributed by atoms with Crippen molar-refractivity contribution in [1.82, 2.24) is 35.2 Å². The minimum atomic E-state index is -0.175. The van der Waals surface area contributed by atoms with Gasteiger partial charge in [0.2, 0.25) is 17.6 Å². The number of aromatic nitrogens is 6. The average Bonchev–Trinajstić information content (AvgIpc) is 3.48. The smallest absolute Gasteiger partial charge is 0.226 e. The zero-order valence-corrected chi connectivity index (χ0v) is 16.5. The topological polar surface area (TPSA) is 112 Å². The number of aryl methyl sites for hydroxylation is 1. The van der Waals surface area contributed by atoms with Crippen LogP contribution in [0.2, 0.25) is 0 Å². The van der Waals surface area contributed by atoms with Crippen LogP contribution in [0.15, 0.2) is 35.4 Å². The summed E-state index contributed by atoms with van der Waals surface area (Å²) in [4.78, 5) is 20.8. The monoisotopic (exact) mass is 395 g/mol. The van der Waals surface area contributed by atoms with Gasteiger partial charge in [0.05, 0.1) is 6.04 Å². The Hall–Kier alpha value is -3.10. The lowest BCUT2D eigenvalue weighted by molar-refractivity contribution is -0.121. The summed E-state index contributed by atoms with van der Waals surface area (Å²) in [6.45, 7) is 1.95. The van der Waals surface area contributed by atoms with Crippen LogP contribution in [0.4, 0.5) is 0 Å². The molecule has 9 nitrogen and oxygen atoms in total. The number of carbonyl (C=O) groups is 1. The van der Waals surface area contributed by atoms with E-state index < -0.39 is 0 Å². The second-order valence-corrected chi connectivity index (χ2v) is 7.43. The largest absolute Gasteiger partial charge is 0.346 e. The second-order valence-electron chi connectivity index (χ2n) is 7.43. The molecular weight excluding hydrogens is 370 g/mol. The molecule has 1 unspecified atom stereocenters. The van der Waals surface area contributed by atoms with Crippen LogP contribution in [0.25, 0.3) is 11.4 Å². The zero-order chi connectivity index (χ0) is 20.1. The van der Waals surface area contributed by atoms with Crippen molar-refractivity contribution in [3.63, 3.8) is 0 Å². The van der Waals surface area contributed by atoms with Gasteiger partial charge in [-0.05, 0) is 38.3 Å². The van der Waals surface area contributed by atoms with Gasteiger partial charge in [0.1, 0.15) is 6.33 Å². The molecule has 0 aliphatic heterocycles. The highest BCUT2D eigenvalue weighted by atomic mass is 16.5. The van der Waals surface area contributed by atoms with Crippen molar-refractivity contribution >= 4 is 5.91 Å². The molecular formula is C20H25N7O2. The zero-order valence-electron chi connectivity index (χ0n) is 16.5. The van der Waals surface area contributed by atoms with Crippen molar-refractivity contribution in [3.05, 3.63) is 42.6 Å². The van der Waals surface area contributed by atoms with Crippen molar-refractivity contribution < 1.29 is 9.32 Å². The third-order valence-corrected chi connectivity index (χ3v) is 5.27. The molecule has 1 aliphatic rings. The maximum Gasteiger partial charge on any atom is 0.226 e. The summed E-state index contributed by atoms with van der Waals surface area (Å²) in [5.41, 5.74) is 0.806. The molecule has 1 amide bonds. The van der Waals surface area contributed by atoms with Crippen LogP contribution in [0.3, 0.4) is 0 Å². The summed E-state index contributed by atoms with van der Waals surface area (Å²) in [6.07, 6.45) is 11.5. The van der Waals surface area contributed by atoms with E-state index in [1.165, 1.54) is 12.8 Å². The number of hydrogen-bond donors (Lipinski definition) is 1. The number of nitrogens with zero attached hydrogens (tertiary/aromatic N) is 6. The van der Waals surface area contributed by atoms with E-state index >= 15 is 0 Å². The maximum atomic E-state index is 12.4. The number of nitrogens with one attached hydrogen (secondary N) is 1. The summed E-state index contributed by atoms with van der Waals surface area (Å²) >= 11 is 0. The summed E-state index contributed by atoms with van der Waals surface area (Å²) in [5.74, 6) is 1.83. The number of carbonyl (C=O) groups excluding carboxylic acids is 1. The summed E-state index contributed by atoms with van der Waals surface area (Å²) in [5, 5.41) is 15.3. The van der Waals surface area contributed by atoms with Crippen LogP contribution >= 0.6 is 0 Å². The highest BCUT2D eigenvalue weighted by Crippen LogP contribution is 2.31. The fraction of sp³-hybridized carbons (Fsp3) is 0.500. The van der Waals surface area contributed by atoms with Crippen LogP contribution in [0, 0.1) is 0 Å². The third-order valence-electron chi connectivity index (χ3n) is 5.27. The molecule has 3 aromatic heterocycles. The second kappa shape index (κ2) is 8.93. The Morgan fingerprint density at radius 3 is 3.03 bits per heavy atom. The highest BCUT2D eigenvalue weighted by molar-refractivity contribution is 5.76. The van der Waals surface area contributed by atoms with Gasteiger partial charge in [0.15, 0.2) is 5.82 Å². The van der Waals surface area contributed by atoms with E-state index in [0.29, 0.717) is 37.0 Å². The van der Waals surface area contributed by atoms with E-state index in [9.17, 15) is 4.79 Å². The Morgan fingerprint density at radius 2 is 2.24 bits per heavy atom. The molecule has 1 atom stereocenters. The van der Waals surface area contributed by atoms with Gasteiger partial charge in [-0.1, -0.05) is 18.0 Å². The molecule has 152 valence electrons. The molecule has 0 saturated heterocycles. The van der Waals surface area contributed by atoms with Gasteiger partial charge in [-0.2, -0.15) is 4.98 Å². The van der Waals surface area contributed by atoms with Gasteiger partial charge in [-0.25, -0.2) is 0 Å². The fourth-order valence-electron chi connectivity index (χ4n) is 3.77. The third kappa shape index (κ3) is 4.67. The van der Waals surface area contributed by atoms with E-state index in [1.54, 1.807) is 18.7 Å². The van der Waals surface area contributed by atoms with E-state index in [4.69, 9.17) is 4.52 Å². The first kappa shape index (κ1) is 19.2. The van der Waals surface area contributed by atoms with Crippen LogP contribution in [-0.4, -0.2) is 35.8 Å². The Kier molecular flexibility index (Phi) is 5.92. The predicted molar refractivity (Wildman–Crippen MR) is 105 cm³/mol. The lowest BCUT2D eigenvalue weighted by Crippen LogP contribution is -2.29. The number of hydrogen-bond acceptors (Lipinski definition) is 7. The van der Waals surface area contributed by atoms with Gasteiger partial charge in [-0.3, -0.25) is 9.78 Å². The standard InChI is InChI=1S/C20H25N7O2/c1-14(20-25-22-13-27(20)16-7-2-3-8-16)23-17(28)9-4-10-18-24-19(26-29-18)15-6-5-11-21-12-15/h5-6,11-14,16H,2-4,7-10H2,1H3,(H,23,28). The van der Waals surface area contributed by atoms with Gasteiger partial charge in [0.25, 0.3) is 0 Å². The molecule has 9 heteroatoms. The Labute approximate surface area is 168 Å². The van der Waals surface area contributed by atoms with Crippen molar-refractivity contribution in [2.45, 2.75) is 64.0 Å². The molecule has 0 radical (unpaired) electrons. The molecule has 3 aromatic rings. The highest BCUT2D eigenvalue weighted by Gasteiger charge is 2.23. The first-order chi connectivity index (χ1) is 14.2. The van der Waals surface area contributed by atoms with Crippen molar-refractivity contribution in [2.75, 3.05) is 0 Å². The predicted octanol–water partition coefficient (Wildman–Crippen LogP) is 3.04. The van der Waals surface area contributed by atoms with E-state index in [0.717, 1.165) is 24.2 Å². The molecule has 1 fully saturated rings. The van der Waals surface area contributed by atoms with E-state index in [1.807, 2.05) is 19.1 Å². The molecule has 3 heterocycles. The van der Waals surface area contributed by atoms with Crippen molar-refractivity contribution in [1.29, 1.82) is 0 Å². The van der Waals surface area contributed by atoms with E-state index in [2.05, 4.69) is 35.2 Å². The summed E-state index contributed by atoms with van der Waals surface area (Å²) < 4.78 is 7.39. The SMILES string of the molecule is CC(NC(=O)CCCc1nc(-c2cccnc2)no1)c1nncn1C1CCCC1. The lowest BCUT2D eigenvalue weighted by atomic mass is 10.2. The van der Waals surface area contributed by atoms with Gasteiger partial charge in [-0.15, -0.1) is 10.2 Å². The Bertz CT molecular complexity index is 931. The molecule has 1 N–H and O–H groups in total. The first-order valence-electron chi connectivity index (χ1n) is 10.1. The van der Waals surface area contributed by atoms with Gasteiger partial charge >= 0.3 is 0 Å². The van der Waals surface area contributed by atoms with Gasteiger partial charge in [0, 0.05) is 36.8 Å². The minimum Gasteiger partial charge on any atom is -0.346 e. The minimum absolute atomic E-state index is 0.0227. The van der Waals surface area contributed by atoms with Crippen LogP contribution in [0.5, 0.6) is 0 Å². The maximum absolute atomic E-state index is 12.4. The summed E-state index contributed by atoms with van der Waals surface area (Å²) in [6, 6.07) is 3.97. The normalized spacial score (nSPS) is 15.5.